The number of benzene rings is 1. The number of nitro benzene ring substituents is 1. The van der Waals surface area contributed by atoms with Crippen molar-refractivity contribution in [3.63, 3.8) is 0 Å². The number of nitrogens with zero attached hydrogens (tertiary/aromatic N) is 2. The van der Waals surface area contributed by atoms with Gasteiger partial charge in [0.15, 0.2) is 0 Å². The summed E-state index contributed by atoms with van der Waals surface area (Å²) in [7, 11) is 0. The number of carbonyl (C=O) groups is 1. The molecule has 0 aliphatic rings. The summed E-state index contributed by atoms with van der Waals surface area (Å²) in [5.74, 6) is -0.974. The third-order valence-corrected chi connectivity index (χ3v) is 3.31. The van der Waals surface area contributed by atoms with E-state index in [2.05, 4.69) is 10.5 Å². The predicted octanol–water partition coefficient (Wildman–Crippen LogP) is 2.80. The summed E-state index contributed by atoms with van der Waals surface area (Å²) < 4.78 is 0. The molecule has 7 nitrogen and oxygen atoms in total. The van der Waals surface area contributed by atoms with E-state index >= 15 is 0 Å². The molecule has 0 radical (unpaired) electrons. The van der Waals surface area contributed by atoms with E-state index in [0.29, 0.717) is 10.6 Å². The van der Waals surface area contributed by atoms with E-state index in [4.69, 9.17) is 5.11 Å². The normalized spacial score (nSPS) is 10.6. The summed E-state index contributed by atoms with van der Waals surface area (Å²) >= 11 is 1.10. The minimum atomic E-state index is -0.974. The van der Waals surface area contributed by atoms with Gasteiger partial charge in [0.1, 0.15) is 4.88 Å². The second-order valence-corrected chi connectivity index (χ2v) is 4.80. The standard InChI is InChI=1S/C12H9N3O4S/c16-12(17)11-6-5-10(20-11)7-13-14-8-1-3-9(4-2-8)15(18)19/h1-7,14H,(H,16,17)/b13-7+. The molecule has 1 aromatic carbocycles. The number of aromatic carboxylic acids is 1. The molecule has 2 aromatic rings. The minimum absolute atomic E-state index is 0.00360. The van der Waals surface area contributed by atoms with Crippen molar-refractivity contribution in [1.29, 1.82) is 0 Å². The quantitative estimate of drug-likeness (QED) is 0.500. The summed E-state index contributed by atoms with van der Waals surface area (Å²) in [4.78, 5) is 21.6. The third-order valence-electron chi connectivity index (χ3n) is 2.30. The predicted molar refractivity (Wildman–Crippen MR) is 75.6 cm³/mol. The molecule has 0 spiro atoms. The molecule has 0 atom stereocenters. The fourth-order valence-corrected chi connectivity index (χ4v) is 2.08. The average molecular weight is 291 g/mol. The Kier molecular flexibility index (Phi) is 4.06. The number of non-ortho nitro benzene ring substituents is 1. The molecule has 0 aliphatic heterocycles. The van der Waals surface area contributed by atoms with Crippen LogP contribution in [0.1, 0.15) is 14.5 Å². The number of hydrogen-bond acceptors (Lipinski definition) is 6. The zero-order valence-corrected chi connectivity index (χ0v) is 10.8. The molecule has 0 saturated heterocycles. The van der Waals surface area contributed by atoms with Crippen molar-refractivity contribution in [3.05, 3.63) is 56.3 Å². The Morgan fingerprint density at radius 3 is 2.55 bits per heavy atom. The fraction of sp³-hybridized carbons (Fsp3) is 0. The summed E-state index contributed by atoms with van der Waals surface area (Å²) in [5, 5.41) is 23.2. The number of carboxylic acid groups (broad SMARTS) is 1. The zero-order chi connectivity index (χ0) is 14.5. The fourth-order valence-electron chi connectivity index (χ4n) is 1.37. The zero-order valence-electron chi connectivity index (χ0n) is 10.0. The molecule has 0 bridgehead atoms. The molecule has 0 unspecified atom stereocenters. The first kappa shape index (κ1) is 13.7. The highest BCUT2D eigenvalue weighted by atomic mass is 32.1. The lowest BCUT2D eigenvalue weighted by Crippen LogP contribution is -1.91. The van der Waals surface area contributed by atoms with E-state index in [0.717, 1.165) is 11.3 Å². The number of hydrogen-bond donors (Lipinski definition) is 2. The summed E-state index contributed by atoms with van der Waals surface area (Å²) in [5.41, 5.74) is 3.31. The van der Waals surface area contributed by atoms with Gasteiger partial charge >= 0.3 is 5.97 Å². The van der Waals surface area contributed by atoms with Crippen LogP contribution >= 0.6 is 11.3 Å². The SMILES string of the molecule is O=C(O)c1ccc(/C=N/Nc2ccc([N+](=O)[O-])cc2)s1. The smallest absolute Gasteiger partial charge is 0.345 e. The highest BCUT2D eigenvalue weighted by Crippen LogP contribution is 2.16. The van der Waals surface area contributed by atoms with Crippen LogP contribution in [0, 0.1) is 10.1 Å². The van der Waals surface area contributed by atoms with Crippen molar-refractivity contribution in [2.75, 3.05) is 5.43 Å². The van der Waals surface area contributed by atoms with Crippen molar-refractivity contribution < 1.29 is 14.8 Å². The number of rotatable bonds is 5. The number of carboxylic acids is 1. The molecule has 20 heavy (non-hydrogen) atoms. The van der Waals surface area contributed by atoms with Gasteiger partial charge in [0, 0.05) is 17.0 Å². The number of nitro groups is 1. The van der Waals surface area contributed by atoms with Gasteiger partial charge in [0.2, 0.25) is 0 Å². The molecule has 0 fully saturated rings. The summed E-state index contributed by atoms with van der Waals surface area (Å²) in [6, 6.07) is 8.95. The van der Waals surface area contributed by atoms with Crippen LogP contribution in [-0.2, 0) is 0 Å². The lowest BCUT2D eigenvalue weighted by atomic mass is 10.3. The van der Waals surface area contributed by atoms with Crippen LogP contribution in [0.15, 0.2) is 41.5 Å². The Morgan fingerprint density at radius 2 is 2.00 bits per heavy atom. The minimum Gasteiger partial charge on any atom is -0.477 e. The highest BCUT2D eigenvalue weighted by Gasteiger charge is 2.05. The van der Waals surface area contributed by atoms with E-state index in [1.807, 2.05) is 0 Å². The van der Waals surface area contributed by atoms with Crippen molar-refractivity contribution in [1.82, 2.24) is 0 Å². The first-order valence-corrected chi connectivity index (χ1v) is 6.24. The molecule has 1 aromatic heterocycles. The summed E-state index contributed by atoms with van der Waals surface area (Å²) in [6.45, 7) is 0. The van der Waals surface area contributed by atoms with Crippen LogP contribution in [0.3, 0.4) is 0 Å². The lowest BCUT2D eigenvalue weighted by molar-refractivity contribution is -0.384. The van der Waals surface area contributed by atoms with Crippen LogP contribution in [-0.4, -0.2) is 22.2 Å². The van der Waals surface area contributed by atoms with Gasteiger partial charge in [-0.3, -0.25) is 15.5 Å². The van der Waals surface area contributed by atoms with Crippen LogP contribution in [0.2, 0.25) is 0 Å². The second-order valence-electron chi connectivity index (χ2n) is 3.68. The first-order valence-electron chi connectivity index (χ1n) is 5.43. The van der Waals surface area contributed by atoms with Crippen molar-refractivity contribution >= 4 is 34.9 Å². The van der Waals surface area contributed by atoms with Gasteiger partial charge in [-0.2, -0.15) is 5.10 Å². The number of anilines is 1. The van der Waals surface area contributed by atoms with E-state index in [1.54, 1.807) is 6.07 Å². The van der Waals surface area contributed by atoms with Crippen LogP contribution < -0.4 is 5.43 Å². The van der Waals surface area contributed by atoms with Crippen molar-refractivity contribution in [3.8, 4) is 0 Å². The number of hydrazone groups is 1. The molecule has 2 rings (SSSR count). The Bertz CT molecular complexity index is 664. The van der Waals surface area contributed by atoms with E-state index in [-0.39, 0.29) is 10.6 Å². The first-order chi connectivity index (χ1) is 9.56. The van der Waals surface area contributed by atoms with Gasteiger partial charge in [-0.25, -0.2) is 4.79 Å². The molecule has 102 valence electrons. The van der Waals surface area contributed by atoms with E-state index in [1.165, 1.54) is 36.5 Å². The maximum absolute atomic E-state index is 10.7. The molecule has 1 heterocycles. The van der Waals surface area contributed by atoms with Gasteiger partial charge in [-0.05, 0) is 24.3 Å². The van der Waals surface area contributed by atoms with Gasteiger partial charge in [0.25, 0.3) is 5.69 Å². The Labute approximate surface area is 117 Å². The lowest BCUT2D eigenvalue weighted by Gasteiger charge is -1.98. The van der Waals surface area contributed by atoms with Crippen LogP contribution in [0.4, 0.5) is 11.4 Å². The molecular formula is C12H9N3O4S. The molecule has 0 aliphatic carbocycles. The topological polar surface area (TPSA) is 105 Å². The Balaban J connectivity index is 1.98. The maximum atomic E-state index is 10.7. The maximum Gasteiger partial charge on any atom is 0.345 e. The second kappa shape index (κ2) is 5.93. The summed E-state index contributed by atoms with van der Waals surface area (Å²) in [6.07, 6.45) is 1.48. The average Bonchev–Trinajstić information content (AvgIpc) is 2.88. The van der Waals surface area contributed by atoms with Crippen molar-refractivity contribution in [2.45, 2.75) is 0 Å². The Hall–Kier alpha value is -2.74. The number of thiophene rings is 1. The van der Waals surface area contributed by atoms with E-state index in [9.17, 15) is 14.9 Å². The highest BCUT2D eigenvalue weighted by molar-refractivity contribution is 7.15. The number of nitrogens with one attached hydrogen (secondary N) is 1. The molecule has 8 heteroatoms. The van der Waals surface area contributed by atoms with Gasteiger partial charge in [-0.15, -0.1) is 11.3 Å². The monoisotopic (exact) mass is 291 g/mol. The largest absolute Gasteiger partial charge is 0.477 e. The molecule has 0 amide bonds. The van der Waals surface area contributed by atoms with Gasteiger partial charge < -0.3 is 5.11 Å². The van der Waals surface area contributed by atoms with Gasteiger partial charge in [0.05, 0.1) is 16.8 Å². The van der Waals surface area contributed by atoms with Crippen LogP contribution in [0.25, 0.3) is 0 Å². The molecule has 2 N–H and O–H groups in total. The van der Waals surface area contributed by atoms with E-state index < -0.39 is 10.9 Å². The molecule has 0 saturated carbocycles. The molecular weight excluding hydrogens is 282 g/mol. The Morgan fingerprint density at radius 1 is 1.30 bits per heavy atom. The van der Waals surface area contributed by atoms with Crippen LogP contribution in [0.5, 0.6) is 0 Å². The van der Waals surface area contributed by atoms with Crippen molar-refractivity contribution in [2.24, 2.45) is 5.10 Å². The third kappa shape index (κ3) is 3.39. The van der Waals surface area contributed by atoms with Gasteiger partial charge in [-0.1, -0.05) is 0 Å².